The van der Waals surface area contributed by atoms with Crippen molar-refractivity contribution in [3.05, 3.63) is 47.5 Å². The Morgan fingerprint density at radius 1 is 1.16 bits per heavy atom. The van der Waals surface area contributed by atoms with E-state index in [1.54, 1.807) is 0 Å². The zero-order valence-electron chi connectivity index (χ0n) is 19.2. The lowest BCUT2D eigenvalue weighted by Gasteiger charge is -2.28. The third-order valence-electron chi connectivity index (χ3n) is 5.94. The van der Waals surface area contributed by atoms with Crippen molar-refractivity contribution in [1.29, 1.82) is 0 Å². The molecule has 0 radical (unpaired) electrons. The number of sulfonamides is 1. The zero-order chi connectivity index (χ0) is 23.5. The predicted molar refractivity (Wildman–Crippen MR) is 130 cm³/mol. The molecule has 32 heavy (non-hydrogen) atoms. The van der Waals surface area contributed by atoms with Crippen molar-refractivity contribution in [2.75, 3.05) is 26.2 Å². The number of nitrogens with zero attached hydrogens (tertiary/aromatic N) is 1. The van der Waals surface area contributed by atoms with Crippen LogP contribution in [-0.4, -0.2) is 49.1 Å². The summed E-state index contributed by atoms with van der Waals surface area (Å²) in [6.45, 7) is 11.7. The minimum absolute atomic E-state index is 0.0857. The van der Waals surface area contributed by atoms with Gasteiger partial charge in [-0.2, -0.15) is 4.31 Å². The van der Waals surface area contributed by atoms with Crippen LogP contribution in [-0.2, 0) is 16.4 Å². The maximum absolute atomic E-state index is 13.7. The molecule has 0 saturated carbocycles. The van der Waals surface area contributed by atoms with Crippen molar-refractivity contribution < 1.29 is 18.6 Å². The summed E-state index contributed by atoms with van der Waals surface area (Å²) >= 11 is 0. The van der Waals surface area contributed by atoms with Gasteiger partial charge in [0.15, 0.2) is 0 Å². The van der Waals surface area contributed by atoms with Gasteiger partial charge < -0.3 is 15.5 Å². The van der Waals surface area contributed by atoms with E-state index in [2.05, 4.69) is 18.8 Å². The van der Waals surface area contributed by atoms with Gasteiger partial charge in [-0.15, -0.1) is 0 Å². The van der Waals surface area contributed by atoms with Crippen LogP contribution < -0.4 is 5.32 Å². The van der Waals surface area contributed by atoms with Crippen LogP contribution in [0.1, 0.15) is 49.8 Å². The van der Waals surface area contributed by atoms with Gasteiger partial charge in [0, 0.05) is 26.2 Å². The Kier molecular flexibility index (Phi) is 7.64. The summed E-state index contributed by atoms with van der Waals surface area (Å²) < 4.78 is 28.8. The van der Waals surface area contributed by atoms with E-state index in [1.807, 2.05) is 32.0 Å². The van der Waals surface area contributed by atoms with Gasteiger partial charge in [0.25, 0.3) is 0 Å². The number of hydrogen-bond acceptors (Lipinski definition) is 5. The number of rotatable bonds is 8. The Morgan fingerprint density at radius 3 is 2.47 bits per heavy atom. The summed E-state index contributed by atoms with van der Waals surface area (Å²) in [5.74, 6) is -0.510. The first-order valence-corrected chi connectivity index (χ1v) is 12.7. The van der Waals surface area contributed by atoms with E-state index in [-0.39, 0.29) is 22.0 Å². The summed E-state index contributed by atoms with van der Waals surface area (Å²) in [7, 11) is -3.94. The SMILES string of the molecule is C=C(C)c1ccc(C)cc1-c1c(O)cc(CCCCC)c(S(=O)(=O)N2CCNCC2)c1O. The molecule has 174 valence electrons. The first kappa shape index (κ1) is 24.3. The molecular weight excluding hydrogens is 424 g/mol. The number of phenols is 2. The van der Waals surface area contributed by atoms with Gasteiger partial charge in [-0.3, -0.25) is 0 Å². The molecule has 0 unspecified atom stereocenters. The molecule has 7 heteroatoms. The largest absolute Gasteiger partial charge is 0.507 e. The maximum atomic E-state index is 13.7. The highest BCUT2D eigenvalue weighted by Gasteiger charge is 2.34. The van der Waals surface area contributed by atoms with Crippen LogP contribution >= 0.6 is 0 Å². The Morgan fingerprint density at radius 2 is 1.84 bits per heavy atom. The molecule has 1 aliphatic rings. The van der Waals surface area contributed by atoms with Crippen LogP contribution in [0.15, 0.2) is 35.7 Å². The number of piperazine rings is 1. The monoisotopic (exact) mass is 458 g/mol. The molecule has 1 saturated heterocycles. The molecule has 6 nitrogen and oxygen atoms in total. The van der Waals surface area contributed by atoms with E-state index in [1.165, 1.54) is 10.4 Å². The Labute approximate surface area is 191 Å². The third kappa shape index (κ3) is 4.85. The second-order valence-corrected chi connectivity index (χ2v) is 10.4. The van der Waals surface area contributed by atoms with Crippen molar-refractivity contribution in [3.63, 3.8) is 0 Å². The molecule has 1 heterocycles. The van der Waals surface area contributed by atoms with Gasteiger partial charge in [0.1, 0.15) is 16.4 Å². The number of unbranched alkanes of at least 4 members (excludes halogenated alkanes) is 2. The predicted octanol–water partition coefficient (Wildman–Crippen LogP) is 4.43. The van der Waals surface area contributed by atoms with Crippen LogP contribution in [0.5, 0.6) is 11.5 Å². The lowest BCUT2D eigenvalue weighted by molar-refractivity contribution is 0.356. The van der Waals surface area contributed by atoms with Crippen LogP contribution in [0.4, 0.5) is 0 Å². The van der Waals surface area contributed by atoms with Crippen molar-refractivity contribution >= 4 is 15.6 Å². The number of benzene rings is 2. The van der Waals surface area contributed by atoms with Crippen LogP contribution in [0.3, 0.4) is 0 Å². The second-order valence-electron chi connectivity index (χ2n) is 8.55. The summed E-state index contributed by atoms with van der Waals surface area (Å²) in [4.78, 5) is -0.0857. The zero-order valence-corrected chi connectivity index (χ0v) is 20.1. The summed E-state index contributed by atoms with van der Waals surface area (Å²) in [5.41, 5.74) is 3.62. The lowest BCUT2D eigenvalue weighted by atomic mass is 9.91. The van der Waals surface area contributed by atoms with Crippen LogP contribution in [0.2, 0.25) is 0 Å². The molecule has 1 fully saturated rings. The molecule has 3 rings (SSSR count). The molecule has 1 aliphatic heterocycles. The topological polar surface area (TPSA) is 89.9 Å². The fraction of sp³-hybridized carbons (Fsp3) is 0.440. The smallest absolute Gasteiger partial charge is 0.247 e. The average Bonchev–Trinajstić information content (AvgIpc) is 2.74. The molecule has 0 amide bonds. The number of hydrogen-bond donors (Lipinski definition) is 3. The third-order valence-corrected chi connectivity index (χ3v) is 7.95. The molecule has 0 aromatic heterocycles. The van der Waals surface area contributed by atoms with Gasteiger partial charge in [-0.1, -0.05) is 55.7 Å². The molecule has 2 aromatic rings. The van der Waals surface area contributed by atoms with Gasteiger partial charge >= 0.3 is 0 Å². The van der Waals surface area contributed by atoms with E-state index in [4.69, 9.17) is 0 Å². The second kappa shape index (κ2) is 10.1. The highest BCUT2D eigenvalue weighted by atomic mass is 32.2. The standard InChI is InChI=1S/C25H34N2O4S/c1-5-6-7-8-19-16-22(28)23(21-15-18(4)9-10-20(21)17(2)3)24(29)25(19)32(30,31)27-13-11-26-12-14-27/h9-10,15-16,26,28-29H,2,5-8,11-14H2,1,3-4H3. The van der Waals surface area contributed by atoms with Crippen molar-refractivity contribution in [1.82, 2.24) is 9.62 Å². The van der Waals surface area contributed by atoms with Gasteiger partial charge in [-0.25, -0.2) is 8.42 Å². The number of phenolic OH excluding ortho intramolecular Hbond substituents is 2. The minimum Gasteiger partial charge on any atom is -0.507 e. The normalized spacial score (nSPS) is 15.1. The number of nitrogens with one attached hydrogen (secondary N) is 1. The minimum atomic E-state index is -3.94. The van der Waals surface area contributed by atoms with Crippen LogP contribution in [0, 0.1) is 6.92 Å². The molecule has 0 atom stereocenters. The van der Waals surface area contributed by atoms with Crippen molar-refractivity contribution in [2.24, 2.45) is 0 Å². The molecule has 3 N–H and O–H groups in total. The molecular formula is C25H34N2O4S. The van der Waals surface area contributed by atoms with Gasteiger partial charge in [0.05, 0.1) is 5.56 Å². The lowest BCUT2D eigenvalue weighted by Crippen LogP contribution is -2.46. The molecule has 0 bridgehead atoms. The van der Waals surface area contributed by atoms with E-state index in [9.17, 15) is 18.6 Å². The summed E-state index contributed by atoms with van der Waals surface area (Å²) in [6.07, 6.45) is 3.17. The fourth-order valence-electron chi connectivity index (χ4n) is 4.25. The Bertz CT molecular complexity index is 1100. The quantitative estimate of drug-likeness (QED) is 0.509. The molecule has 0 spiro atoms. The summed E-state index contributed by atoms with van der Waals surface area (Å²) in [5, 5.41) is 25.5. The van der Waals surface area contributed by atoms with E-state index >= 15 is 0 Å². The Balaban J connectivity index is 2.27. The van der Waals surface area contributed by atoms with Crippen molar-refractivity contribution in [2.45, 2.75) is 51.3 Å². The number of allylic oxidation sites excluding steroid dienone is 1. The van der Waals surface area contributed by atoms with E-state index in [0.29, 0.717) is 43.7 Å². The Hall–Kier alpha value is -2.35. The van der Waals surface area contributed by atoms with Crippen molar-refractivity contribution in [3.8, 4) is 22.6 Å². The highest BCUT2D eigenvalue weighted by molar-refractivity contribution is 7.89. The number of aryl methyl sites for hydroxylation is 2. The first-order valence-electron chi connectivity index (χ1n) is 11.2. The number of aromatic hydroxyl groups is 2. The van der Waals surface area contributed by atoms with E-state index < -0.39 is 10.0 Å². The molecule has 0 aliphatic carbocycles. The maximum Gasteiger partial charge on any atom is 0.247 e. The average molecular weight is 459 g/mol. The first-order chi connectivity index (χ1) is 15.2. The molecule has 2 aromatic carbocycles. The highest BCUT2D eigenvalue weighted by Crippen LogP contribution is 2.46. The summed E-state index contributed by atoms with van der Waals surface area (Å²) in [6, 6.07) is 7.17. The van der Waals surface area contributed by atoms with Crippen LogP contribution in [0.25, 0.3) is 16.7 Å². The van der Waals surface area contributed by atoms with Gasteiger partial charge in [-0.05, 0) is 49.4 Å². The van der Waals surface area contributed by atoms with E-state index in [0.717, 1.165) is 36.0 Å². The van der Waals surface area contributed by atoms with Gasteiger partial charge in [0.2, 0.25) is 10.0 Å². The fourth-order valence-corrected chi connectivity index (χ4v) is 6.01.